The fraction of sp³-hybridized carbons (Fsp3) is 0.465. The maximum Gasteiger partial charge on any atom is 0.261 e. The van der Waals surface area contributed by atoms with E-state index in [4.69, 9.17) is 38.3 Å². The maximum absolute atomic E-state index is 13.4. The third-order valence-corrected chi connectivity index (χ3v) is 22.4. The van der Waals surface area contributed by atoms with Crippen LogP contribution in [0.15, 0.2) is 197 Å². The molecule has 17 N–H and O–H groups in total. The Hall–Kier alpha value is -12.7. The molecule has 756 valence electrons. The lowest BCUT2D eigenvalue weighted by Gasteiger charge is -2.25. The number of fused-ring (bicyclic) bond motifs is 4. The summed E-state index contributed by atoms with van der Waals surface area (Å²) in [6.45, 7) is 19.4. The van der Waals surface area contributed by atoms with Crippen molar-refractivity contribution in [2.45, 2.75) is 207 Å². The second-order valence-corrected chi connectivity index (χ2v) is 35.1. The monoisotopic (exact) mass is 1930 g/mol. The van der Waals surface area contributed by atoms with Crippen LogP contribution in [0, 0.1) is 23.7 Å². The van der Waals surface area contributed by atoms with Gasteiger partial charge >= 0.3 is 0 Å². The highest BCUT2D eigenvalue weighted by Crippen LogP contribution is 2.26. The van der Waals surface area contributed by atoms with Crippen LogP contribution in [0.5, 0.6) is 0 Å². The molecule has 0 aliphatic rings. The molecule has 0 aliphatic heterocycles. The fourth-order valence-electron chi connectivity index (χ4n) is 15.2. The molecule has 0 spiro atoms. The molecule has 6 amide bonds. The molecule has 5 aromatic heterocycles. The minimum absolute atomic E-state index is 0.0192. The number of pyridine rings is 1. The Labute approximate surface area is 809 Å². The van der Waals surface area contributed by atoms with Gasteiger partial charge in [-0.2, -0.15) is 0 Å². The maximum atomic E-state index is 13.4. The number of ether oxygens (including phenoxy) is 4. The summed E-state index contributed by atoms with van der Waals surface area (Å²) in [6, 6.07) is 41.2. The molecule has 0 aliphatic carbocycles. The highest BCUT2D eigenvalue weighted by Gasteiger charge is 2.36. The van der Waals surface area contributed by atoms with Gasteiger partial charge in [0.1, 0.15) is 89.8 Å². The number of ketones is 1. The van der Waals surface area contributed by atoms with Gasteiger partial charge in [-0.1, -0.05) is 179 Å². The first-order chi connectivity index (χ1) is 66.3. The summed E-state index contributed by atoms with van der Waals surface area (Å²) in [4.78, 5) is 129. The summed E-state index contributed by atoms with van der Waals surface area (Å²) in [5.74, 6) is -3.04. The number of amides is 6. The largest absolute Gasteiger partial charge is 0.390 e. The molecule has 38 nitrogen and oxygen atoms in total. The minimum atomic E-state index is -1.34. The number of aliphatic hydroxyl groups is 8. The number of nitrogens with zero attached hydrogens (tertiary/aromatic N) is 6. The quantitative estimate of drug-likeness (QED) is 0.0130. The van der Waals surface area contributed by atoms with Crippen LogP contribution in [0.2, 0.25) is 0 Å². The lowest BCUT2D eigenvalue weighted by Crippen LogP contribution is -2.49. The number of anilines is 1. The average Bonchev–Trinajstić information content (AvgIpc) is 1.68. The number of likely N-dealkylation sites (N-methyl/N-ethyl adjacent to an activating group) is 1. The number of aliphatic hydroxyl groups excluding tert-OH is 8. The van der Waals surface area contributed by atoms with Crippen molar-refractivity contribution in [3.05, 3.63) is 205 Å². The van der Waals surface area contributed by atoms with Gasteiger partial charge in [0.25, 0.3) is 17.7 Å². The van der Waals surface area contributed by atoms with Crippen molar-refractivity contribution in [2.75, 3.05) is 80.8 Å². The van der Waals surface area contributed by atoms with Crippen molar-refractivity contribution in [2.24, 2.45) is 44.3 Å². The van der Waals surface area contributed by atoms with E-state index in [-0.39, 0.29) is 90.0 Å². The van der Waals surface area contributed by atoms with Gasteiger partial charge in [0.05, 0.1) is 24.4 Å². The van der Waals surface area contributed by atoms with Gasteiger partial charge in [0, 0.05) is 161 Å². The highest BCUT2D eigenvalue weighted by atomic mass is 16.6. The van der Waals surface area contributed by atoms with Gasteiger partial charge < -0.3 is 131 Å². The molecule has 139 heavy (non-hydrogen) atoms. The number of nitrogens with one attached hydrogen (secondary N) is 9. The third kappa shape index (κ3) is 35.0. The molecule has 5 heterocycles. The summed E-state index contributed by atoms with van der Waals surface area (Å²) in [6.07, 6.45) is 0.164. The summed E-state index contributed by atoms with van der Waals surface area (Å²) in [5.41, 5.74) is 9.40. The number of oxime groups is 4. The molecular formula is C101H139N15O23. The summed E-state index contributed by atoms with van der Waals surface area (Å²) in [5, 5.41) is 114. The van der Waals surface area contributed by atoms with Gasteiger partial charge in [-0.15, -0.1) is 0 Å². The third-order valence-electron chi connectivity index (χ3n) is 22.4. The predicted octanol–water partition coefficient (Wildman–Crippen LogP) is 7.49. The van der Waals surface area contributed by atoms with E-state index < -0.39 is 135 Å². The number of carbonyl (C=O) groups excluding carboxylic acids is 7. The summed E-state index contributed by atoms with van der Waals surface area (Å²) < 4.78 is 21.6. The lowest BCUT2D eigenvalue weighted by atomic mass is 9.96. The molecule has 10 rings (SSSR count). The van der Waals surface area contributed by atoms with Gasteiger partial charge in [0.2, 0.25) is 17.7 Å². The number of para-hydroxylation sites is 4. The van der Waals surface area contributed by atoms with E-state index in [1.54, 1.807) is 38.6 Å². The Morgan fingerprint density at radius 3 is 0.993 bits per heavy atom. The molecule has 0 bridgehead atoms. The minimum Gasteiger partial charge on any atom is -0.390 e. The molecule has 0 radical (unpaired) electrons. The lowest BCUT2D eigenvalue weighted by molar-refractivity contribution is -0.135. The second kappa shape index (κ2) is 57.6. The van der Waals surface area contributed by atoms with E-state index in [0.717, 1.165) is 71.4 Å². The fourth-order valence-corrected chi connectivity index (χ4v) is 15.2. The summed E-state index contributed by atoms with van der Waals surface area (Å²) >= 11 is 0. The van der Waals surface area contributed by atoms with Crippen molar-refractivity contribution in [3.63, 3.8) is 0 Å². The molecular weight excluding hydrogens is 1790 g/mol. The van der Waals surface area contributed by atoms with Crippen molar-refractivity contribution < 1.29 is 113 Å². The number of aromatic amines is 4. The van der Waals surface area contributed by atoms with Crippen molar-refractivity contribution in [3.8, 4) is 0 Å². The van der Waals surface area contributed by atoms with Gasteiger partial charge in [-0.3, -0.25) is 38.5 Å². The van der Waals surface area contributed by atoms with Crippen molar-refractivity contribution in [1.29, 1.82) is 0 Å². The first-order valence-electron chi connectivity index (χ1n) is 46.0. The smallest absolute Gasteiger partial charge is 0.261 e. The Kier molecular flexibility index (Phi) is 47.0. The second-order valence-electron chi connectivity index (χ2n) is 35.1. The molecule has 38 heteroatoms. The molecule has 15 atom stereocenters. The van der Waals surface area contributed by atoms with E-state index in [9.17, 15) is 74.4 Å². The van der Waals surface area contributed by atoms with Gasteiger partial charge in [0.15, 0.2) is 32.2 Å². The van der Waals surface area contributed by atoms with E-state index in [0.29, 0.717) is 25.1 Å². The van der Waals surface area contributed by atoms with E-state index >= 15 is 0 Å². The summed E-state index contributed by atoms with van der Waals surface area (Å²) in [7, 11) is 9.13. The normalized spacial score (nSPS) is 15.3. The van der Waals surface area contributed by atoms with Gasteiger partial charge in [-0.25, -0.2) is 0 Å². The number of hydrogen-bond acceptors (Lipinski definition) is 28. The van der Waals surface area contributed by atoms with Gasteiger partial charge in [-0.05, 0) is 122 Å². The van der Waals surface area contributed by atoms with E-state index in [2.05, 4.69) is 72.1 Å². The van der Waals surface area contributed by atoms with E-state index in [1.807, 2.05) is 208 Å². The molecule has 0 saturated heterocycles. The Bertz CT molecular complexity index is 5590. The van der Waals surface area contributed by atoms with Crippen LogP contribution in [-0.2, 0) is 104 Å². The molecule has 0 unspecified atom stereocenters. The zero-order valence-corrected chi connectivity index (χ0v) is 82.2. The van der Waals surface area contributed by atoms with Crippen LogP contribution in [0.25, 0.3) is 43.6 Å². The Balaban J connectivity index is 0.000000257. The molecule has 5 aromatic carbocycles. The number of benzene rings is 5. The highest BCUT2D eigenvalue weighted by molar-refractivity contribution is 6.00. The van der Waals surface area contributed by atoms with Crippen LogP contribution >= 0.6 is 0 Å². The number of Topliss-reactive ketones (excluding diaryl/α,β-unsaturated/α-hetero) is 1. The zero-order valence-electron chi connectivity index (χ0n) is 82.2. The number of rotatable bonds is 50. The number of carbonyl (C=O) groups is 7. The van der Waals surface area contributed by atoms with Crippen LogP contribution in [0.4, 0.5) is 5.69 Å². The molecule has 10 aromatic rings. The van der Waals surface area contributed by atoms with E-state index in [1.165, 1.54) is 61.0 Å². The van der Waals surface area contributed by atoms with Crippen molar-refractivity contribution in [1.82, 2.24) is 51.1 Å². The Morgan fingerprint density at radius 1 is 0.374 bits per heavy atom. The molecule has 0 fully saturated rings. The zero-order chi connectivity index (χ0) is 102. The topological polar surface area (TPSA) is 544 Å². The Morgan fingerprint density at radius 2 is 0.669 bits per heavy atom. The SMILES string of the molecule is CO[C@H](/C(=N/OCC(=O)Cc1ccccc1)[C@@H](O)[C@@H](C)O)C(C)C.CO[C@H](/C(=N/OCC(=O)N[C@@H](Cc1c[nH]c2ccccc12)C(=O)N(C)C)[C@@H](O)[C@@H](C)O)C(C)C.CO[C@H](/C(=N/OCC(=O)N[C@@H](Cc1c[nH]c2ccccc12)C(=O)NCCc1c[nH]c2ccccc12)[C@@H](O)[C@@H](C)O)C(C)C.CO[C@H](/C(=N/OCC(=O)N[C@@H](Cc1c[nH]c2ccccc12)C(=O)Nc1ccncc1)[C@@H](O)[C@@H](C)O)C(C)C. The number of hydrogen-bond donors (Lipinski definition) is 17. The first kappa shape index (κ1) is 113. The number of H-pyrrole nitrogens is 4. The number of methoxy groups -OCH3 is 4. The van der Waals surface area contributed by atoms with Crippen LogP contribution < -0.4 is 26.6 Å². The first-order valence-corrected chi connectivity index (χ1v) is 46.0. The number of aromatic nitrogens is 5. The van der Waals surface area contributed by atoms with Crippen LogP contribution in [-0.4, -0.2) is 302 Å². The van der Waals surface area contributed by atoms with Crippen LogP contribution in [0.1, 0.15) is 111 Å². The molecule has 0 saturated carbocycles. The van der Waals surface area contributed by atoms with Crippen LogP contribution in [0.3, 0.4) is 0 Å². The van der Waals surface area contributed by atoms with Crippen molar-refractivity contribution >= 4 is 113 Å². The average molecular weight is 1930 g/mol. The predicted molar refractivity (Wildman–Crippen MR) is 530 cm³/mol. The standard InChI is InChI=1S/C32H41N5O6.C27H35N5O6.C24H36N4O6.C18H27NO5/c1-19(2)31(42-4)29(30(40)20(3)38)37-43-18-28(39)36-27(15-22-17-35-26-12-8-6-10-24(22)26)32(41)33-14-13-21-16-34-25-11-7-5-9-23(21)25;1-16(2)26(37-4)24(25(35)17(3)33)32-38-15-23(34)31-22(27(36)30-19-9-11-28-12-10-19)13-18-14-29-21-8-6-5-7-20(18)21;1-14(2)23(33-6)21(22(31)15(3)29)27-34-13-20(30)26-19(24(32)28(4)5)11-16-12-25-18-10-8-7-9-17(16)18;1-12(2)18(23-4)16(17(22)13(3)20)19-24-11-15(21)10-14-8-6-5-7-9-14/h5-12,16-17,19-20,27,30-31,34-35,38,40H,13-15,18H2,1-4H3,(H,33,41)(H,36,39);5-12,14,16-17,22,25-26,29,33,35H,13,15H2,1-4H3,(H,31,34)(H,28,30,36);7-10,12,14-15,19,22-23,25,29,31H,11,13H2,1-6H3,(H,26,30);5-9,12-13,17-18,20,22H,10-11H2,1-4H3/b37-29+;32-24+;27-21+;19-16+/t20-,27+,30+,31+;17-,22+,25+,26+;15-,19+,22+,23+;13-,17+,18+/m1111/s1.